The number of benzene rings is 1. The number of hydrogen-bond acceptors (Lipinski definition) is 3. The summed E-state index contributed by atoms with van der Waals surface area (Å²) in [7, 11) is 0. The minimum atomic E-state index is -0.729. The van der Waals surface area contributed by atoms with Crippen molar-refractivity contribution in [3.05, 3.63) is 52.2 Å². The van der Waals surface area contributed by atoms with Crippen LogP contribution in [0.25, 0.3) is 0 Å². The second kappa shape index (κ2) is 7.84. The molecule has 2 rings (SSSR count). The normalized spacial score (nSPS) is 10.5. The van der Waals surface area contributed by atoms with E-state index in [-0.39, 0.29) is 6.42 Å². The van der Waals surface area contributed by atoms with Gasteiger partial charge >= 0.3 is 5.97 Å². The molecular formula is C17H21NO2S. The maximum Gasteiger partial charge on any atom is 0.303 e. The standard InChI is InChI=1S/C17H21NO2S/c1-2-15-10-11-16(21-15)13-18(12-6-9-17(19)20)14-7-4-3-5-8-14/h3-5,7-8,10-11H,2,6,9,12-13H2,1H3,(H,19,20). The van der Waals surface area contributed by atoms with Crippen molar-refractivity contribution in [1.82, 2.24) is 0 Å². The van der Waals surface area contributed by atoms with Crippen LogP contribution in [0.15, 0.2) is 42.5 Å². The second-order valence-corrected chi connectivity index (χ2v) is 6.23. The Balaban J connectivity index is 2.05. The summed E-state index contributed by atoms with van der Waals surface area (Å²) in [6.45, 7) is 3.77. The zero-order chi connectivity index (χ0) is 15.1. The third-order valence-electron chi connectivity index (χ3n) is 3.35. The zero-order valence-electron chi connectivity index (χ0n) is 12.3. The summed E-state index contributed by atoms with van der Waals surface area (Å²) in [4.78, 5) is 15.7. The van der Waals surface area contributed by atoms with Crippen molar-refractivity contribution < 1.29 is 9.90 Å². The molecule has 0 atom stereocenters. The largest absolute Gasteiger partial charge is 0.481 e. The number of carboxylic acids is 1. The van der Waals surface area contributed by atoms with Gasteiger partial charge in [-0.15, -0.1) is 11.3 Å². The summed E-state index contributed by atoms with van der Waals surface area (Å²) >= 11 is 1.84. The number of rotatable bonds is 8. The molecule has 3 nitrogen and oxygen atoms in total. The highest BCUT2D eigenvalue weighted by atomic mass is 32.1. The van der Waals surface area contributed by atoms with Crippen LogP contribution in [0.5, 0.6) is 0 Å². The van der Waals surface area contributed by atoms with E-state index in [1.165, 1.54) is 9.75 Å². The molecule has 1 aromatic heterocycles. The van der Waals surface area contributed by atoms with Crippen molar-refractivity contribution in [2.75, 3.05) is 11.4 Å². The number of hydrogen-bond donors (Lipinski definition) is 1. The highest BCUT2D eigenvalue weighted by Crippen LogP contribution is 2.22. The fraction of sp³-hybridized carbons (Fsp3) is 0.353. The molecular weight excluding hydrogens is 282 g/mol. The molecule has 0 bridgehead atoms. The molecule has 0 aliphatic heterocycles. The van der Waals surface area contributed by atoms with Gasteiger partial charge in [0.05, 0.1) is 6.54 Å². The first-order valence-electron chi connectivity index (χ1n) is 7.28. The molecule has 0 fully saturated rings. The van der Waals surface area contributed by atoms with Crippen molar-refractivity contribution >= 4 is 23.0 Å². The number of carboxylic acid groups (broad SMARTS) is 1. The number of aryl methyl sites for hydroxylation is 1. The Morgan fingerprint density at radius 2 is 1.86 bits per heavy atom. The lowest BCUT2D eigenvalue weighted by molar-refractivity contribution is -0.137. The molecule has 4 heteroatoms. The predicted molar refractivity (Wildman–Crippen MR) is 88.1 cm³/mol. The van der Waals surface area contributed by atoms with E-state index in [1.807, 2.05) is 29.5 Å². The average Bonchev–Trinajstić information content (AvgIpc) is 2.94. The number of aliphatic carboxylic acids is 1. The van der Waals surface area contributed by atoms with Crippen molar-refractivity contribution in [1.29, 1.82) is 0 Å². The Hall–Kier alpha value is -1.81. The highest BCUT2D eigenvalue weighted by Gasteiger charge is 2.09. The molecule has 0 aliphatic rings. The summed E-state index contributed by atoms with van der Waals surface area (Å²) in [5, 5.41) is 8.81. The van der Waals surface area contributed by atoms with E-state index in [0.717, 1.165) is 25.2 Å². The van der Waals surface area contributed by atoms with Crippen LogP contribution in [0.4, 0.5) is 5.69 Å². The molecule has 0 saturated carbocycles. The molecule has 1 N–H and O–H groups in total. The van der Waals surface area contributed by atoms with E-state index in [9.17, 15) is 4.79 Å². The van der Waals surface area contributed by atoms with Gasteiger partial charge in [-0.2, -0.15) is 0 Å². The number of para-hydroxylation sites is 1. The van der Waals surface area contributed by atoms with Gasteiger partial charge in [0.15, 0.2) is 0 Å². The summed E-state index contributed by atoms with van der Waals surface area (Å²) < 4.78 is 0. The number of anilines is 1. The molecule has 21 heavy (non-hydrogen) atoms. The molecule has 112 valence electrons. The first-order chi connectivity index (χ1) is 10.2. The average molecular weight is 303 g/mol. The van der Waals surface area contributed by atoms with Crippen molar-refractivity contribution in [3.8, 4) is 0 Å². The Labute approximate surface area is 129 Å². The lowest BCUT2D eigenvalue weighted by Crippen LogP contribution is -2.23. The van der Waals surface area contributed by atoms with Crippen LogP contribution in [0.2, 0.25) is 0 Å². The third kappa shape index (κ3) is 4.90. The first kappa shape index (κ1) is 15.6. The quantitative estimate of drug-likeness (QED) is 0.795. The van der Waals surface area contributed by atoms with E-state index in [4.69, 9.17) is 5.11 Å². The van der Waals surface area contributed by atoms with E-state index >= 15 is 0 Å². The van der Waals surface area contributed by atoms with Crippen LogP contribution in [0.1, 0.15) is 29.5 Å². The maximum atomic E-state index is 10.7. The SMILES string of the molecule is CCc1ccc(CN(CCCC(=O)O)c2ccccc2)s1. The van der Waals surface area contributed by atoms with E-state index in [2.05, 4.69) is 36.1 Å². The molecule has 0 saturated heterocycles. The maximum absolute atomic E-state index is 10.7. The van der Waals surface area contributed by atoms with Crippen molar-refractivity contribution in [2.45, 2.75) is 32.7 Å². The molecule has 0 aliphatic carbocycles. The lowest BCUT2D eigenvalue weighted by Gasteiger charge is -2.24. The topological polar surface area (TPSA) is 40.5 Å². The fourth-order valence-corrected chi connectivity index (χ4v) is 3.22. The molecule has 0 unspecified atom stereocenters. The Morgan fingerprint density at radius 3 is 2.48 bits per heavy atom. The lowest BCUT2D eigenvalue weighted by atomic mass is 10.2. The zero-order valence-corrected chi connectivity index (χ0v) is 13.1. The van der Waals surface area contributed by atoms with Crippen molar-refractivity contribution in [3.63, 3.8) is 0 Å². The van der Waals surface area contributed by atoms with Crippen molar-refractivity contribution in [2.24, 2.45) is 0 Å². The van der Waals surface area contributed by atoms with Gasteiger partial charge in [0, 0.05) is 28.4 Å². The minimum absolute atomic E-state index is 0.216. The molecule has 2 aromatic rings. The van der Waals surface area contributed by atoms with Crippen LogP contribution < -0.4 is 4.90 Å². The van der Waals surface area contributed by atoms with Gasteiger partial charge < -0.3 is 10.0 Å². The number of thiophene rings is 1. The second-order valence-electron chi connectivity index (χ2n) is 4.98. The number of carbonyl (C=O) groups is 1. The Kier molecular flexibility index (Phi) is 5.81. The molecule has 1 heterocycles. The van der Waals surface area contributed by atoms with E-state index < -0.39 is 5.97 Å². The smallest absolute Gasteiger partial charge is 0.303 e. The molecule has 0 amide bonds. The van der Waals surface area contributed by atoms with Gasteiger partial charge in [0.25, 0.3) is 0 Å². The van der Waals surface area contributed by atoms with Gasteiger partial charge in [-0.05, 0) is 37.1 Å². The Morgan fingerprint density at radius 1 is 1.14 bits per heavy atom. The summed E-state index contributed by atoms with van der Waals surface area (Å²) in [6.07, 6.45) is 1.94. The number of nitrogens with zero attached hydrogens (tertiary/aromatic N) is 1. The van der Waals surface area contributed by atoms with Gasteiger partial charge in [-0.25, -0.2) is 0 Å². The summed E-state index contributed by atoms with van der Waals surface area (Å²) in [5.74, 6) is -0.729. The van der Waals surface area contributed by atoms with Gasteiger partial charge in [-0.1, -0.05) is 25.1 Å². The van der Waals surface area contributed by atoms with Crippen LogP contribution in [0, 0.1) is 0 Å². The fourth-order valence-electron chi connectivity index (χ4n) is 2.24. The van der Waals surface area contributed by atoms with E-state index in [0.29, 0.717) is 6.42 Å². The molecule has 1 aromatic carbocycles. The monoisotopic (exact) mass is 303 g/mol. The first-order valence-corrected chi connectivity index (χ1v) is 8.10. The summed E-state index contributed by atoms with van der Waals surface area (Å²) in [6, 6.07) is 14.6. The van der Waals surface area contributed by atoms with Gasteiger partial charge in [-0.3, -0.25) is 4.79 Å². The van der Waals surface area contributed by atoms with Gasteiger partial charge in [0.2, 0.25) is 0 Å². The molecule has 0 radical (unpaired) electrons. The Bertz CT molecular complexity index is 565. The van der Waals surface area contributed by atoms with E-state index in [1.54, 1.807) is 0 Å². The van der Waals surface area contributed by atoms with Crippen LogP contribution in [-0.4, -0.2) is 17.6 Å². The van der Waals surface area contributed by atoms with Crippen LogP contribution in [-0.2, 0) is 17.8 Å². The highest BCUT2D eigenvalue weighted by molar-refractivity contribution is 7.12. The molecule has 0 spiro atoms. The van der Waals surface area contributed by atoms with Crippen LogP contribution in [0.3, 0.4) is 0 Å². The third-order valence-corrected chi connectivity index (χ3v) is 4.57. The minimum Gasteiger partial charge on any atom is -0.481 e. The summed E-state index contributed by atoms with van der Waals surface area (Å²) in [5.41, 5.74) is 1.15. The predicted octanol–water partition coefficient (Wildman–Crippen LogP) is 4.18. The van der Waals surface area contributed by atoms with Gasteiger partial charge in [0.1, 0.15) is 0 Å². The van der Waals surface area contributed by atoms with Crippen LogP contribution >= 0.6 is 11.3 Å².